The molecule has 160 valence electrons. The molecule has 1 fully saturated rings. The molecule has 0 saturated heterocycles. The number of aromatic nitrogens is 5. The number of hydrogen-bond acceptors (Lipinski definition) is 5. The number of alkyl halides is 2. The molecule has 0 aromatic carbocycles. The van der Waals surface area contributed by atoms with Gasteiger partial charge in [0.25, 0.3) is 11.8 Å². The predicted molar refractivity (Wildman–Crippen MR) is 112 cm³/mol. The van der Waals surface area contributed by atoms with Crippen LogP contribution < -0.4 is 10.6 Å². The summed E-state index contributed by atoms with van der Waals surface area (Å²) in [6.45, 7) is 4.03. The first kappa shape index (κ1) is 19.4. The number of nitrogens with zero attached hydrogens (tertiary/aromatic N) is 4. The number of nitrogens with one attached hydrogen (secondary N) is 3. The third-order valence-corrected chi connectivity index (χ3v) is 5.35. The van der Waals surface area contributed by atoms with Crippen LogP contribution in [0.4, 0.5) is 14.7 Å². The second-order valence-electron chi connectivity index (χ2n) is 8.20. The molecular weight excluding hydrogens is 404 g/mol. The van der Waals surface area contributed by atoms with Gasteiger partial charge in [0.2, 0.25) is 5.95 Å². The average Bonchev–Trinajstić information content (AvgIpc) is 3.29. The SMILES string of the molecule is CC(C)Nc1ncc2c(-c3ccn4ncc(C(=O)NC5CC(F)(F)C5)c4c3)c[nH]c2n1. The highest BCUT2D eigenvalue weighted by Gasteiger charge is 2.46. The molecule has 0 unspecified atom stereocenters. The van der Waals surface area contributed by atoms with Crippen molar-refractivity contribution >= 4 is 28.4 Å². The van der Waals surface area contributed by atoms with Gasteiger partial charge in [-0.2, -0.15) is 10.1 Å². The Kier molecular flexibility index (Phi) is 4.38. The molecule has 0 bridgehead atoms. The van der Waals surface area contributed by atoms with Crippen molar-refractivity contribution in [2.45, 2.75) is 44.7 Å². The third kappa shape index (κ3) is 3.58. The summed E-state index contributed by atoms with van der Waals surface area (Å²) < 4.78 is 27.7. The van der Waals surface area contributed by atoms with Gasteiger partial charge >= 0.3 is 0 Å². The molecule has 8 nitrogen and oxygen atoms in total. The molecular formula is C21H21F2N7O. The third-order valence-electron chi connectivity index (χ3n) is 5.35. The summed E-state index contributed by atoms with van der Waals surface area (Å²) in [4.78, 5) is 24.7. The zero-order valence-electron chi connectivity index (χ0n) is 17.0. The van der Waals surface area contributed by atoms with Crippen molar-refractivity contribution in [2.24, 2.45) is 0 Å². The maximum atomic E-state index is 13.1. The smallest absolute Gasteiger partial charge is 0.255 e. The van der Waals surface area contributed by atoms with E-state index in [0.29, 0.717) is 22.7 Å². The molecule has 1 saturated carbocycles. The van der Waals surface area contributed by atoms with Crippen LogP contribution in [-0.2, 0) is 0 Å². The number of aromatic amines is 1. The van der Waals surface area contributed by atoms with Gasteiger partial charge in [-0.25, -0.2) is 18.3 Å². The van der Waals surface area contributed by atoms with Crippen molar-refractivity contribution in [1.29, 1.82) is 0 Å². The second-order valence-corrected chi connectivity index (χ2v) is 8.20. The lowest BCUT2D eigenvalue weighted by Crippen LogP contribution is -2.50. The van der Waals surface area contributed by atoms with Gasteiger partial charge in [0, 0.05) is 54.5 Å². The number of anilines is 1. The lowest BCUT2D eigenvalue weighted by Gasteiger charge is -2.35. The van der Waals surface area contributed by atoms with E-state index < -0.39 is 17.9 Å². The highest BCUT2D eigenvalue weighted by atomic mass is 19.3. The van der Waals surface area contributed by atoms with Crippen molar-refractivity contribution in [1.82, 2.24) is 29.9 Å². The van der Waals surface area contributed by atoms with E-state index in [9.17, 15) is 13.6 Å². The van der Waals surface area contributed by atoms with Crippen molar-refractivity contribution < 1.29 is 13.6 Å². The number of carbonyl (C=O) groups is 1. The normalized spacial score (nSPS) is 16.0. The van der Waals surface area contributed by atoms with Gasteiger partial charge in [0.1, 0.15) is 5.65 Å². The van der Waals surface area contributed by atoms with Gasteiger partial charge in [-0.1, -0.05) is 0 Å². The summed E-state index contributed by atoms with van der Waals surface area (Å²) in [6.07, 6.45) is 6.15. The Bertz CT molecular complexity index is 1290. The van der Waals surface area contributed by atoms with Crippen molar-refractivity contribution in [3.8, 4) is 11.1 Å². The molecule has 10 heteroatoms. The molecule has 31 heavy (non-hydrogen) atoms. The first-order chi connectivity index (χ1) is 14.8. The fourth-order valence-electron chi connectivity index (χ4n) is 3.82. The van der Waals surface area contributed by atoms with E-state index in [4.69, 9.17) is 0 Å². The van der Waals surface area contributed by atoms with Crippen molar-refractivity contribution in [3.63, 3.8) is 0 Å². The molecule has 4 heterocycles. The van der Waals surface area contributed by atoms with Gasteiger partial charge in [0.05, 0.1) is 17.3 Å². The maximum Gasteiger partial charge on any atom is 0.255 e. The van der Waals surface area contributed by atoms with Crippen LogP contribution in [0.25, 0.3) is 27.7 Å². The molecule has 1 aliphatic carbocycles. The number of halogens is 2. The lowest BCUT2D eigenvalue weighted by atomic mass is 9.88. The second kappa shape index (κ2) is 7.00. The van der Waals surface area contributed by atoms with Gasteiger partial charge in [-0.15, -0.1) is 0 Å². The van der Waals surface area contributed by atoms with E-state index >= 15 is 0 Å². The summed E-state index contributed by atoms with van der Waals surface area (Å²) in [5, 5.41) is 10.9. The van der Waals surface area contributed by atoms with Crippen LogP contribution >= 0.6 is 0 Å². The molecule has 3 N–H and O–H groups in total. The molecule has 0 aliphatic heterocycles. The Morgan fingerprint density at radius 1 is 1.32 bits per heavy atom. The summed E-state index contributed by atoms with van der Waals surface area (Å²) in [6, 6.07) is 3.43. The summed E-state index contributed by atoms with van der Waals surface area (Å²) >= 11 is 0. The topological polar surface area (TPSA) is 100 Å². The average molecular weight is 425 g/mol. The minimum Gasteiger partial charge on any atom is -0.352 e. The van der Waals surface area contributed by atoms with E-state index in [-0.39, 0.29) is 18.9 Å². The molecule has 4 aromatic rings. The summed E-state index contributed by atoms with van der Waals surface area (Å²) in [7, 11) is 0. The van der Waals surface area contributed by atoms with Crippen LogP contribution in [-0.4, -0.2) is 48.5 Å². The standard InChI is InChI=1S/C21H21F2N7O/c1-11(2)27-20-25-9-15-14(8-24-18(15)29-20)12-3-4-30-17(5-12)16(10-26-30)19(31)28-13-6-21(22,23)7-13/h3-5,8-11,13H,6-7H2,1-2H3,(H,28,31)(H2,24,25,27,29). The Hall–Kier alpha value is -3.56. The highest BCUT2D eigenvalue weighted by molar-refractivity contribution is 6.02. The predicted octanol–water partition coefficient (Wildman–Crippen LogP) is 3.62. The summed E-state index contributed by atoms with van der Waals surface area (Å²) in [5.41, 5.74) is 3.38. The van der Waals surface area contributed by atoms with Crippen LogP contribution in [0.1, 0.15) is 37.0 Å². The minimum atomic E-state index is -2.69. The Labute approximate surface area is 176 Å². The summed E-state index contributed by atoms with van der Waals surface area (Å²) in [5.74, 6) is -2.55. The van der Waals surface area contributed by atoms with Gasteiger partial charge in [-0.05, 0) is 31.5 Å². The minimum absolute atomic E-state index is 0.215. The van der Waals surface area contributed by atoms with Gasteiger partial charge < -0.3 is 15.6 Å². The van der Waals surface area contributed by atoms with E-state index in [1.165, 1.54) is 6.20 Å². The largest absolute Gasteiger partial charge is 0.352 e. The number of rotatable bonds is 5. The number of pyridine rings is 1. The van der Waals surface area contributed by atoms with Crippen LogP contribution in [0, 0.1) is 0 Å². The fourth-order valence-corrected chi connectivity index (χ4v) is 3.82. The van der Waals surface area contributed by atoms with Gasteiger partial charge in [-0.3, -0.25) is 4.79 Å². The molecule has 5 rings (SSSR count). The number of fused-ring (bicyclic) bond motifs is 2. The van der Waals surface area contributed by atoms with Crippen LogP contribution in [0.15, 0.2) is 36.9 Å². The zero-order chi connectivity index (χ0) is 21.8. The first-order valence-corrected chi connectivity index (χ1v) is 10.1. The quantitative estimate of drug-likeness (QED) is 0.454. The number of carbonyl (C=O) groups excluding carboxylic acids is 1. The first-order valence-electron chi connectivity index (χ1n) is 10.1. The number of amides is 1. The molecule has 0 spiro atoms. The zero-order valence-corrected chi connectivity index (χ0v) is 17.0. The molecule has 0 radical (unpaired) electrons. The van der Waals surface area contributed by atoms with E-state index in [2.05, 4.69) is 30.7 Å². The van der Waals surface area contributed by atoms with E-state index in [1.807, 2.05) is 32.2 Å². The van der Waals surface area contributed by atoms with Crippen LogP contribution in [0.2, 0.25) is 0 Å². The molecule has 0 atom stereocenters. The van der Waals surface area contributed by atoms with Crippen molar-refractivity contribution in [3.05, 3.63) is 42.5 Å². The van der Waals surface area contributed by atoms with E-state index in [1.54, 1.807) is 16.9 Å². The highest BCUT2D eigenvalue weighted by Crippen LogP contribution is 2.37. The fraction of sp³-hybridized carbons (Fsp3) is 0.333. The van der Waals surface area contributed by atoms with Crippen molar-refractivity contribution in [2.75, 3.05) is 5.32 Å². The molecule has 4 aromatic heterocycles. The Balaban J connectivity index is 1.46. The van der Waals surface area contributed by atoms with Crippen LogP contribution in [0.3, 0.4) is 0 Å². The Morgan fingerprint density at radius 3 is 2.87 bits per heavy atom. The monoisotopic (exact) mass is 425 g/mol. The number of hydrogen-bond donors (Lipinski definition) is 3. The molecule has 1 aliphatic rings. The number of H-pyrrole nitrogens is 1. The Morgan fingerprint density at radius 2 is 2.13 bits per heavy atom. The lowest BCUT2D eigenvalue weighted by molar-refractivity contribution is -0.0901. The maximum absolute atomic E-state index is 13.1. The van der Waals surface area contributed by atoms with Crippen LogP contribution in [0.5, 0.6) is 0 Å². The van der Waals surface area contributed by atoms with Gasteiger partial charge in [0.15, 0.2) is 0 Å². The molecule has 1 amide bonds. The van der Waals surface area contributed by atoms with E-state index in [0.717, 1.165) is 16.5 Å².